The SMILES string of the molecule is CCNC1c2c(C)ccc(C)c2S(=O)(=O)CC1C. The molecule has 0 amide bonds. The van der Waals surface area contributed by atoms with Gasteiger partial charge in [0, 0.05) is 6.04 Å². The van der Waals surface area contributed by atoms with Gasteiger partial charge in [-0.15, -0.1) is 0 Å². The number of rotatable bonds is 2. The molecule has 1 aromatic rings. The highest BCUT2D eigenvalue weighted by Crippen LogP contribution is 2.39. The summed E-state index contributed by atoms with van der Waals surface area (Å²) in [5.41, 5.74) is 2.91. The Labute approximate surface area is 110 Å². The Morgan fingerprint density at radius 1 is 1.28 bits per heavy atom. The largest absolute Gasteiger partial charge is 0.310 e. The summed E-state index contributed by atoms with van der Waals surface area (Å²) in [5.74, 6) is 0.352. The quantitative estimate of drug-likeness (QED) is 0.895. The van der Waals surface area contributed by atoms with E-state index in [4.69, 9.17) is 0 Å². The molecule has 3 nitrogen and oxygen atoms in total. The predicted molar refractivity (Wildman–Crippen MR) is 73.6 cm³/mol. The number of aryl methyl sites for hydroxylation is 2. The van der Waals surface area contributed by atoms with E-state index in [9.17, 15) is 8.42 Å². The second kappa shape index (κ2) is 4.67. The van der Waals surface area contributed by atoms with Gasteiger partial charge in [0.2, 0.25) is 0 Å². The van der Waals surface area contributed by atoms with Crippen molar-refractivity contribution in [2.45, 2.75) is 38.6 Å². The molecule has 0 radical (unpaired) electrons. The molecule has 0 saturated heterocycles. The molecular weight excluding hydrogens is 246 g/mol. The number of fused-ring (bicyclic) bond motifs is 1. The molecular formula is C14H21NO2S. The highest BCUT2D eigenvalue weighted by atomic mass is 32.2. The van der Waals surface area contributed by atoms with Gasteiger partial charge in [0.05, 0.1) is 10.6 Å². The molecule has 18 heavy (non-hydrogen) atoms. The van der Waals surface area contributed by atoms with Crippen LogP contribution in [0.15, 0.2) is 17.0 Å². The number of hydrogen-bond acceptors (Lipinski definition) is 3. The summed E-state index contributed by atoms with van der Waals surface area (Å²) in [4.78, 5) is 0.562. The van der Waals surface area contributed by atoms with Gasteiger partial charge in [0.25, 0.3) is 0 Å². The van der Waals surface area contributed by atoms with Crippen molar-refractivity contribution in [2.24, 2.45) is 5.92 Å². The minimum Gasteiger partial charge on any atom is -0.310 e. The lowest BCUT2D eigenvalue weighted by Gasteiger charge is -2.34. The van der Waals surface area contributed by atoms with Crippen LogP contribution in [0.25, 0.3) is 0 Å². The minimum atomic E-state index is -3.14. The van der Waals surface area contributed by atoms with E-state index in [-0.39, 0.29) is 17.7 Å². The molecule has 0 aliphatic carbocycles. The number of nitrogens with one attached hydrogen (secondary N) is 1. The molecule has 0 bridgehead atoms. The number of sulfone groups is 1. The normalized spacial score (nSPS) is 25.8. The number of hydrogen-bond donors (Lipinski definition) is 1. The molecule has 0 fully saturated rings. The molecule has 2 rings (SSSR count). The van der Waals surface area contributed by atoms with Crippen molar-refractivity contribution in [1.29, 1.82) is 0 Å². The van der Waals surface area contributed by atoms with E-state index < -0.39 is 9.84 Å². The van der Waals surface area contributed by atoms with E-state index in [1.807, 2.05) is 32.9 Å². The molecule has 0 saturated carbocycles. The van der Waals surface area contributed by atoms with Crippen LogP contribution >= 0.6 is 0 Å². The first-order valence-electron chi connectivity index (χ1n) is 6.44. The average molecular weight is 267 g/mol. The smallest absolute Gasteiger partial charge is 0.179 e. The van der Waals surface area contributed by atoms with Gasteiger partial charge in [-0.25, -0.2) is 8.42 Å². The summed E-state index contributed by atoms with van der Waals surface area (Å²) < 4.78 is 24.8. The average Bonchev–Trinajstić information content (AvgIpc) is 2.27. The van der Waals surface area contributed by atoms with Gasteiger partial charge >= 0.3 is 0 Å². The lowest BCUT2D eigenvalue weighted by atomic mass is 9.90. The zero-order valence-electron chi connectivity index (χ0n) is 11.4. The molecule has 0 spiro atoms. The predicted octanol–water partition coefficient (Wildman–Crippen LogP) is 2.38. The van der Waals surface area contributed by atoms with E-state index >= 15 is 0 Å². The van der Waals surface area contributed by atoms with Crippen LogP contribution in [0.3, 0.4) is 0 Å². The van der Waals surface area contributed by atoms with Gasteiger partial charge in [-0.1, -0.05) is 26.0 Å². The highest BCUT2D eigenvalue weighted by Gasteiger charge is 2.37. The monoisotopic (exact) mass is 267 g/mol. The van der Waals surface area contributed by atoms with Gasteiger partial charge in [0.15, 0.2) is 9.84 Å². The van der Waals surface area contributed by atoms with Crippen LogP contribution in [0, 0.1) is 19.8 Å². The Morgan fingerprint density at radius 2 is 1.89 bits per heavy atom. The van der Waals surface area contributed by atoms with Crippen molar-refractivity contribution < 1.29 is 8.42 Å². The topological polar surface area (TPSA) is 46.2 Å². The van der Waals surface area contributed by atoms with Crippen LogP contribution in [0.2, 0.25) is 0 Å². The van der Waals surface area contributed by atoms with Gasteiger partial charge < -0.3 is 5.32 Å². The molecule has 1 aliphatic rings. The van der Waals surface area contributed by atoms with Crippen molar-refractivity contribution in [3.63, 3.8) is 0 Å². The highest BCUT2D eigenvalue weighted by molar-refractivity contribution is 7.91. The molecule has 0 aromatic heterocycles. The van der Waals surface area contributed by atoms with Crippen LogP contribution in [0.4, 0.5) is 0 Å². The van der Waals surface area contributed by atoms with Crippen molar-refractivity contribution in [3.8, 4) is 0 Å². The summed E-state index contributed by atoms with van der Waals surface area (Å²) in [5, 5.41) is 3.43. The first kappa shape index (κ1) is 13.6. The molecule has 1 N–H and O–H groups in total. The molecule has 2 unspecified atom stereocenters. The third-order valence-corrected chi connectivity index (χ3v) is 5.84. The van der Waals surface area contributed by atoms with Gasteiger partial charge in [-0.2, -0.15) is 0 Å². The Bertz CT molecular complexity index is 563. The first-order chi connectivity index (χ1) is 8.38. The molecule has 100 valence electrons. The maximum atomic E-state index is 12.4. The maximum Gasteiger partial charge on any atom is 0.179 e. The van der Waals surface area contributed by atoms with E-state index in [2.05, 4.69) is 12.2 Å². The third-order valence-electron chi connectivity index (χ3n) is 3.71. The van der Waals surface area contributed by atoms with Crippen LogP contribution in [-0.4, -0.2) is 20.7 Å². The van der Waals surface area contributed by atoms with Crippen molar-refractivity contribution in [3.05, 3.63) is 28.8 Å². The van der Waals surface area contributed by atoms with Crippen molar-refractivity contribution in [2.75, 3.05) is 12.3 Å². The molecule has 4 heteroatoms. The molecule has 1 aliphatic heterocycles. The van der Waals surface area contributed by atoms with Crippen molar-refractivity contribution >= 4 is 9.84 Å². The number of benzene rings is 1. The summed E-state index contributed by atoms with van der Waals surface area (Å²) >= 11 is 0. The Morgan fingerprint density at radius 3 is 2.50 bits per heavy atom. The minimum absolute atomic E-state index is 0.114. The van der Waals surface area contributed by atoms with Gasteiger partial charge in [-0.3, -0.25) is 0 Å². The van der Waals surface area contributed by atoms with Crippen LogP contribution < -0.4 is 5.32 Å². The van der Waals surface area contributed by atoms with Crippen LogP contribution in [0.5, 0.6) is 0 Å². The van der Waals surface area contributed by atoms with E-state index in [1.54, 1.807) is 0 Å². The lowest BCUT2D eigenvalue weighted by Crippen LogP contribution is -2.37. The Balaban J connectivity index is 2.73. The Kier molecular flexibility index (Phi) is 3.52. The zero-order valence-corrected chi connectivity index (χ0v) is 12.3. The fourth-order valence-corrected chi connectivity index (χ4v) is 5.17. The van der Waals surface area contributed by atoms with Crippen LogP contribution in [-0.2, 0) is 9.84 Å². The van der Waals surface area contributed by atoms with Crippen molar-refractivity contribution in [1.82, 2.24) is 5.32 Å². The van der Waals surface area contributed by atoms with Gasteiger partial charge in [0.1, 0.15) is 0 Å². The summed E-state index contributed by atoms with van der Waals surface area (Å²) in [6.07, 6.45) is 0. The second-order valence-electron chi connectivity index (χ2n) is 5.24. The van der Waals surface area contributed by atoms with Crippen LogP contribution in [0.1, 0.15) is 36.6 Å². The van der Waals surface area contributed by atoms with Gasteiger partial charge in [-0.05, 0) is 43.0 Å². The standard InChI is InChI=1S/C14H21NO2S/c1-5-15-13-11(4)8-18(16,17)14-10(3)7-6-9(2)12(13)14/h6-7,11,13,15H,5,8H2,1-4H3. The molecule has 1 aromatic carbocycles. The molecule has 2 atom stereocenters. The lowest BCUT2D eigenvalue weighted by molar-refractivity contribution is 0.401. The zero-order chi connectivity index (χ0) is 13.5. The van der Waals surface area contributed by atoms with E-state index in [0.717, 1.165) is 23.2 Å². The Hall–Kier alpha value is -0.870. The van der Waals surface area contributed by atoms with E-state index in [1.165, 1.54) is 0 Å². The fourth-order valence-electron chi connectivity index (χ4n) is 2.94. The first-order valence-corrected chi connectivity index (χ1v) is 8.10. The molecule has 1 heterocycles. The van der Waals surface area contributed by atoms with E-state index in [0.29, 0.717) is 4.90 Å². The second-order valence-corrected chi connectivity index (χ2v) is 7.21. The summed E-state index contributed by atoms with van der Waals surface area (Å²) in [6, 6.07) is 4.07. The third kappa shape index (κ3) is 2.08. The maximum absolute atomic E-state index is 12.4. The summed E-state index contributed by atoms with van der Waals surface area (Å²) in [6.45, 7) is 8.79. The summed E-state index contributed by atoms with van der Waals surface area (Å²) in [7, 11) is -3.14. The fraction of sp³-hybridized carbons (Fsp3) is 0.571.